The van der Waals surface area contributed by atoms with Gasteiger partial charge in [-0.3, -0.25) is 9.20 Å². The minimum absolute atomic E-state index is 0.0326. The molecule has 34 heavy (non-hydrogen) atoms. The van der Waals surface area contributed by atoms with Crippen LogP contribution in [0.5, 0.6) is 0 Å². The maximum absolute atomic E-state index is 12.8. The van der Waals surface area contributed by atoms with Crippen molar-refractivity contribution >= 4 is 22.2 Å². The zero-order chi connectivity index (χ0) is 23.3. The molecule has 0 radical (unpaired) electrons. The fourth-order valence-electron chi connectivity index (χ4n) is 4.30. The molecule has 1 amide bonds. The van der Waals surface area contributed by atoms with Crippen LogP contribution >= 0.6 is 11.3 Å². The van der Waals surface area contributed by atoms with Gasteiger partial charge in [-0.05, 0) is 24.5 Å². The number of aryl methyl sites for hydroxylation is 1. The molecule has 2 aromatic heterocycles. The first-order valence-corrected chi connectivity index (χ1v) is 12.4. The first kappa shape index (κ1) is 22.1. The Kier molecular flexibility index (Phi) is 6.54. The molecule has 2 heterocycles. The molecule has 5 rings (SSSR count). The van der Waals surface area contributed by atoms with E-state index in [4.69, 9.17) is 4.98 Å². The van der Waals surface area contributed by atoms with Crippen LogP contribution in [0.1, 0.15) is 34.7 Å². The highest BCUT2D eigenvalue weighted by molar-refractivity contribution is 7.15. The summed E-state index contributed by atoms with van der Waals surface area (Å²) in [5.74, 6) is 0.284. The third kappa shape index (κ3) is 4.95. The number of thiazole rings is 1. The summed E-state index contributed by atoms with van der Waals surface area (Å²) in [6, 6.07) is 29.4. The fraction of sp³-hybridized carbons (Fsp3) is 0.172. The summed E-state index contributed by atoms with van der Waals surface area (Å²) >= 11 is 1.57. The van der Waals surface area contributed by atoms with Gasteiger partial charge < -0.3 is 5.32 Å². The summed E-state index contributed by atoms with van der Waals surface area (Å²) in [5.41, 5.74) is 6.75. The van der Waals surface area contributed by atoms with E-state index in [-0.39, 0.29) is 11.8 Å². The molecule has 0 aliphatic rings. The second kappa shape index (κ2) is 10.1. The van der Waals surface area contributed by atoms with Gasteiger partial charge in [0.2, 0.25) is 5.91 Å². The van der Waals surface area contributed by atoms with Crippen molar-refractivity contribution in [2.75, 3.05) is 6.54 Å². The van der Waals surface area contributed by atoms with E-state index in [1.165, 1.54) is 16.7 Å². The average Bonchev–Trinajstić information content (AvgIpc) is 3.45. The Balaban J connectivity index is 1.24. The number of carbonyl (C=O) groups is 1. The Morgan fingerprint density at radius 1 is 0.941 bits per heavy atom. The maximum atomic E-state index is 12.8. The lowest BCUT2D eigenvalue weighted by atomic mass is 9.88. The zero-order valence-electron chi connectivity index (χ0n) is 19.1. The summed E-state index contributed by atoms with van der Waals surface area (Å²) < 4.78 is 2.04. The van der Waals surface area contributed by atoms with Gasteiger partial charge >= 0.3 is 0 Å². The van der Waals surface area contributed by atoms with Gasteiger partial charge in [-0.25, -0.2) is 4.98 Å². The fourth-order valence-corrected chi connectivity index (χ4v) is 5.17. The molecule has 0 bridgehead atoms. The predicted molar refractivity (Wildman–Crippen MR) is 139 cm³/mol. The summed E-state index contributed by atoms with van der Waals surface area (Å²) in [7, 11) is 0. The smallest absolute Gasteiger partial charge is 0.225 e. The van der Waals surface area contributed by atoms with Crippen molar-refractivity contribution in [3.8, 4) is 11.3 Å². The number of hydrogen-bond acceptors (Lipinski definition) is 3. The Labute approximate surface area is 203 Å². The highest BCUT2D eigenvalue weighted by Crippen LogP contribution is 2.27. The van der Waals surface area contributed by atoms with E-state index < -0.39 is 0 Å². The molecular formula is C29H27N3OS. The number of nitrogens with one attached hydrogen (secondary N) is 1. The van der Waals surface area contributed by atoms with Gasteiger partial charge in [-0.2, -0.15) is 0 Å². The lowest BCUT2D eigenvalue weighted by Crippen LogP contribution is -2.27. The Hall–Kier alpha value is -3.70. The lowest BCUT2D eigenvalue weighted by Gasteiger charge is -2.18. The highest BCUT2D eigenvalue weighted by atomic mass is 32.1. The maximum Gasteiger partial charge on any atom is 0.225 e. The van der Waals surface area contributed by atoms with Gasteiger partial charge in [0.25, 0.3) is 0 Å². The average molecular weight is 466 g/mol. The normalized spacial score (nSPS) is 11.2. The van der Waals surface area contributed by atoms with Crippen LogP contribution in [-0.2, 0) is 11.2 Å². The second-order valence-corrected chi connectivity index (χ2v) is 9.40. The number of benzene rings is 3. The molecule has 0 spiro atoms. The number of carbonyl (C=O) groups excluding carboxylic acids is 1. The molecule has 0 saturated heterocycles. The number of hydrogen-bond donors (Lipinski definition) is 1. The summed E-state index contributed by atoms with van der Waals surface area (Å²) in [5, 5.41) is 5.16. The standard InChI is InChI=1S/C29H27N3OS/c1-21-12-14-24(15-13-21)27-19-32-25(20-34-29(32)31-27)18-28(33)30-17-16-26(22-8-4-2-5-9-22)23-10-6-3-7-11-23/h2-15,19-20,26H,16-18H2,1H3,(H,30,33). The van der Waals surface area contributed by atoms with E-state index in [1.807, 2.05) is 28.1 Å². The minimum Gasteiger partial charge on any atom is -0.356 e. The molecule has 170 valence electrons. The molecule has 4 nitrogen and oxygen atoms in total. The van der Waals surface area contributed by atoms with E-state index in [9.17, 15) is 4.79 Å². The number of nitrogens with zero attached hydrogens (tertiary/aromatic N) is 2. The number of fused-ring (bicyclic) bond motifs is 1. The predicted octanol–water partition coefficient (Wildman–Crippen LogP) is 6.25. The first-order valence-electron chi connectivity index (χ1n) is 11.6. The molecule has 0 atom stereocenters. The summed E-state index contributed by atoms with van der Waals surface area (Å²) in [6.45, 7) is 2.70. The number of imidazole rings is 1. The molecule has 3 aromatic carbocycles. The number of rotatable bonds is 8. The van der Waals surface area contributed by atoms with Crippen LogP contribution in [0.15, 0.2) is 96.5 Å². The van der Waals surface area contributed by atoms with Crippen LogP contribution in [0.3, 0.4) is 0 Å². The van der Waals surface area contributed by atoms with Gasteiger partial charge in [0.1, 0.15) is 0 Å². The molecule has 0 fully saturated rings. The van der Waals surface area contributed by atoms with Crippen molar-refractivity contribution < 1.29 is 4.79 Å². The molecule has 1 N–H and O–H groups in total. The lowest BCUT2D eigenvalue weighted by molar-refractivity contribution is -0.120. The number of amides is 1. The van der Waals surface area contributed by atoms with Crippen LogP contribution in [-0.4, -0.2) is 21.8 Å². The Morgan fingerprint density at radius 2 is 1.59 bits per heavy atom. The van der Waals surface area contributed by atoms with Gasteiger partial charge in [-0.1, -0.05) is 90.5 Å². The van der Waals surface area contributed by atoms with Crippen LogP contribution in [0, 0.1) is 6.92 Å². The summed E-state index contributed by atoms with van der Waals surface area (Å²) in [4.78, 5) is 18.4. The molecule has 0 saturated carbocycles. The van der Waals surface area contributed by atoms with Gasteiger partial charge in [0.05, 0.1) is 12.1 Å². The van der Waals surface area contributed by atoms with E-state index in [1.54, 1.807) is 11.3 Å². The van der Waals surface area contributed by atoms with Crippen molar-refractivity contribution in [2.45, 2.75) is 25.7 Å². The zero-order valence-corrected chi connectivity index (χ0v) is 20.0. The molecule has 0 aliphatic carbocycles. The SMILES string of the molecule is Cc1ccc(-c2cn3c(CC(=O)NCCC(c4ccccc4)c4ccccc4)csc3n2)cc1. The first-order chi connectivity index (χ1) is 16.7. The Bertz CT molecular complexity index is 1330. The van der Waals surface area contributed by atoms with Crippen LogP contribution < -0.4 is 5.32 Å². The molecule has 5 heteroatoms. The van der Waals surface area contributed by atoms with Gasteiger partial charge in [0, 0.05) is 35.3 Å². The molecule has 0 aliphatic heterocycles. The third-order valence-electron chi connectivity index (χ3n) is 6.13. The Morgan fingerprint density at radius 3 is 2.24 bits per heavy atom. The van der Waals surface area contributed by atoms with Crippen molar-refractivity contribution in [2.24, 2.45) is 0 Å². The van der Waals surface area contributed by atoms with Crippen LogP contribution in [0.25, 0.3) is 16.2 Å². The quantitative estimate of drug-likeness (QED) is 0.294. The summed E-state index contributed by atoms with van der Waals surface area (Å²) in [6.07, 6.45) is 3.21. The molecule has 0 unspecified atom stereocenters. The van der Waals surface area contributed by atoms with Crippen LogP contribution in [0.2, 0.25) is 0 Å². The van der Waals surface area contributed by atoms with E-state index >= 15 is 0 Å². The van der Waals surface area contributed by atoms with E-state index in [0.29, 0.717) is 13.0 Å². The van der Waals surface area contributed by atoms with E-state index in [2.05, 4.69) is 85.0 Å². The molecule has 5 aromatic rings. The van der Waals surface area contributed by atoms with Crippen molar-refractivity contribution in [1.82, 2.24) is 14.7 Å². The minimum atomic E-state index is 0.0326. The molecular weight excluding hydrogens is 438 g/mol. The van der Waals surface area contributed by atoms with Crippen molar-refractivity contribution in [1.29, 1.82) is 0 Å². The second-order valence-electron chi connectivity index (χ2n) is 8.56. The van der Waals surface area contributed by atoms with Gasteiger partial charge in [-0.15, -0.1) is 11.3 Å². The largest absolute Gasteiger partial charge is 0.356 e. The highest BCUT2D eigenvalue weighted by Gasteiger charge is 2.16. The third-order valence-corrected chi connectivity index (χ3v) is 7.02. The number of aromatic nitrogens is 2. The van der Waals surface area contributed by atoms with Crippen molar-refractivity contribution in [3.05, 3.63) is 119 Å². The van der Waals surface area contributed by atoms with Gasteiger partial charge in [0.15, 0.2) is 4.96 Å². The monoisotopic (exact) mass is 465 g/mol. The topological polar surface area (TPSA) is 46.4 Å². The van der Waals surface area contributed by atoms with Crippen LogP contribution in [0.4, 0.5) is 0 Å². The van der Waals surface area contributed by atoms with Crippen molar-refractivity contribution in [3.63, 3.8) is 0 Å². The van der Waals surface area contributed by atoms with E-state index in [0.717, 1.165) is 28.3 Å².